The fraction of sp³-hybridized carbons (Fsp3) is 0.615. The first-order chi connectivity index (χ1) is 7.70. The zero-order chi connectivity index (χ0) is 11.3. The fourth-order valence-corrected chi connectivity index (χ4v) is 3.24. The molecule has 0 saturated carbocycles. The van der Waals surface area contributed by atoms with Gasteiger partial charge in [-0.15, -0.1) is 0 Å². The Morgan fingerprint density at radius 2 is 2.31 bits per heavy atom. The molecule has 2 unspecified atom stereocenters. The first kappa shape index (κ1) is 10.1. The van der Waals surface area contributed by atoms with E-state index in [1.54, 1.807) is 0 Å². The van der Waals surface area contributed by atoms with Gasteiger partial charge in [0.1, 0.15) is 5.76 Å². The van der Waals surface area contributed by atoms with E-state index in [0.29, 0.717) is 6.04 Å². The third-order valence-corrected chi connectivity index (χ3v) is 3.94. The molecular weight excluding hydrogens is 200 g/mol. The van der Waals surface area contributed by atoms with Crippen LogP contribution in [0, 0.1) is 19.8 Å². The van der Waals surface area contributed by atoms with Crippen molar-refractivity contribution < 1.29 is 4.52 Å². The summed E-state index contributed by atoms with van der Waals surface area (Å²) in [5, 5.41) is 4.06. The van der Waals surface area contributed by atoms with Crippen LogP contribution < -0.4 is 0 Å². The molecule has 1 saturated heterocycles. The molecular formula is C13H18N2O. The van der Waals surface area contributed by atoms with E-state index < -0.39 is 0 Å². The highest BCUT2D eigenvalue weighted by Crippen LogP contribution is 2.43. The minimum Gasteiger partial charge on any atom is -0.361 e. The summed E-state index contributed by atoms with van der Waals surface area (Å²) in [4.78, 5) is 2.56. The molecule has 2 atom stereocenters. The van der Waals surface area contributed by atoms with Crippen molar-refractivity contribution in [1.29, 1.82) is 0 Å². The molecule has 0 spiro atoms. The number of hydrogen-bond acceptors (Lipinski definition) is 3. The van der Waals surface area contributed by atoms with Crippen molar-refractivity contribution in [1.82, 2.24) is 10.1 Å². The highest BCUT2D eigenvalue weighted by molar-refractivity contribution is 5.75. The zero-order valence-electron chi connectivity index (χ0n) is 10.2. The number of aromatic nitrogens is 1. The molecule has 3 rings (SSSR count). The van der Waals surface area contributed by atoms with Gasteiger partial charge in [0.15, 0.2) is 0 Å². The fourth-order valence-electron chi connectivity index (χ4n) is 3.24. The van der Waals surface area contributed by atoms with Crippen LogP contribution in [0.1, 0.15) is 30.4 Å². The minimum absolute atomic E-state index is 0.604. The molecule has 0 aromatic carbocycles. The lowest BCUT2D eigenvalue weighted by Crippen LogP contribution is -2.32. The summed E-state index contributed by atoms with van der Waals surface area (Å²) in [6.07, 6.45) is 3.72. The van der Waals surface area contributed by atoms with Crippen molar-refractivity contribution in [2.75, 3.05) is 13.1 Å². The Hall–Kier alpha value is -1.09. The Balaban J connectivity index is 2.01. The van der Waals surface area contributed by atoms with Crippen LogP contribution in [0.15, 0.2) is 10.6 Å². The van der Waals surface area contributed by atoms with E-state index in [2.05, 4.69) is 23.1 Å². The Kier molecular flexibility index (Phi) is 2.18. The van der Waals surface area contributed by atoms with E-state index >= 15 is 0 Å². The van der Waals surface area contributed by atoms with Gasteiger partial charge in [-0.3, -0.25) is 4.90 Å². The lowest BCUT2D eigenvalue weighted by molar-refractivity contribution is 0.302. The average molecular weight is 218 g/mol. The minimum atomic E-state index is 0.604. The van der Waals surface area contributed by atoms with Gasteiger partial charge in [0.2, 0.25) is 0 Å². The van der Waals surface area contributed by atoms with Gasteiger partial charge in [-0.1, -0.05) is 18.2 Å². The van der Waals surface area contributed by atoms with Gasteiger partial charge in [0, 0.05) is 18.2 Å². The molecule has 0 radical (unpaired) electrons. The second-order valence-electron chi connectivity index (χ2n) is 4.92. The smallest absolute Gasteiger partial charge is 0.141 e. The summed E-state index contributed by atoms with van der Waals surface area (Å²) in [5.74, 6) is 1.71. The van der Waals surface area contributed by atoms with Crippen molar-refractivity contribution in [2.24, 2.45) is 5.92 Å². The van der Waals surface area contributed by atoms with Crippen LogP contribution in [-0.2, 0) is 0 Å². The molecule has 3 heteroatoms. The maximum atomic E-state index is 5.27. The molecule has 86 valence electrons. The highest BCUT2D eigenvalue weighted by Gasteiger charge is 2.40. The van der Waals surface area contributed by atoms with E-state index in [9.17, 15) is 0 Å². The number of fused-ring (bicyclic) bond motifs is 2. The maximum absolute atomic E-state index is 5.27. The quantitative estimate of drug-likeness (QED) is 0.763. The van der Waals surface area contributed by atoms with Crippen molar-refractivity contribution in [3.05, 3.63) is 23.1 Å². The highest BCUT2D eigenvalue weighted by atomic mass is 16.5. The molecule has 1 aliphatic heterocycles. The Labute approximate surface area is 96.1 Å². The van der Waals surface area contributed by atoms with Crippen LogP contribution >= 0.6 is 0 Å². The normalized spacial score (nSPS) is 28.8. The Morgan fingerprint density at radius 1 is 1.50 bits per heavy atom. The molecule has 1 aromatic heterocycles. The summed E-state index contributed by atoms with van der Waals surface area (Å²) in [5.41, 5.74) is 3.74. The van der Waals surface area contributed by atoms with Crippen LogP contribution in [0.4, 0.5) is 0 Å². The molecule has 0 amide bonds. The van der Waals surface area contributed by atoms with Crippen molar-refractivity contribution >= 4 is 5.57 Å². The third-order valence-electron chi connectivity index (χ3n) is 3.94. The van der Waals surface area contributed by atoms with E-state index in [-0.39, 0.29) is 0 Å². The first-order valence-corrected chi connectivity index (χ1v) is 6.09. The molecule has 1 aromatic rings. The first-order valence-electron chi connectivity index (χ1n) is 6.09. The molecule has 1 aliphatic carbocycles. The van der Waals surface area contributed by atoms with Gasteiger partial charge < -0.3 is 4.52 Å². The SMILES string of the molecule is CCN1CC2C=C(c3c(C)noc3C)C1C2. The van der Waals surface area contributed by atoms with Gasteiger partial charge in [-0.2, -0.15) is 0 Å². The van der Waals surface area contributed by atoms with Gasteiger partial charge in [-0.05, 0) is 38.3 Å². The molecule has 2 heterocycles. The number of aryl methyl sites for hydroxylation is 2. The number of likely N-dealkylation sites (tertiary alicyclic amines) is 1. The van der Waals surface area contributed by atoms with Crippen LogP contribution in [0.2, 0.25) is 0 Å². The molecule has 3 nitrogen and oxygen atoms in total. The average Bonchev–Trinajstić information content (AvgIpc) is 2.92. The van der Waals surface area contributed by atoms with E-state index in [4.69, 9.17) is 4.52 Å². The van der Waals surface area contributed by atoms with Crippen LogP contribution in [-0.4, -0.2) is 29.2 Å². The van der Waals surface area contributed by atoms with Gasteiger partial charge in [-0.25, -0.2) is 0 Å². The standard InChI is InChI=1S/C13H18N2O/c1-4-15-7-10-5-11(12(15)6-10)13-8(2)14-16-9(13)3/h5,10,12H,4,6-7H2,1-3H3. The molecule has 2 aliphatic rings. The second kappa shape index (κ2) is 3.45. The molecule has 1 fully saturated rings. The maximum Gasteiger partial charge on any atom is 0.141 e. The summed E-state index contributed by atoms with van der Waals surface area (Å²) in [7, 11) is 0. The lowest BCUT2D eigenvalue weighted by atomic mass is 9.98. The Bertz CT molecular complexity index is 427. The molecule has 2 bridgehead atoms. The molecule has 0 N–H and O–H groups in total. The zero-order valence-corrected chi connectivity index (χ0v) is 10.2. The van der Waals surface area contributed by atoms with E-state index in [1.165, 1.54) is 24.1 Å². The predicted molar refractivity (Wildman–Crippen MR) is 63.1 cm³/mol. The number of hydrogen-bond donors (Lipinski definition) is 0. The van der Waals surface area contributed by atoms with Crippen LogP contribution in [0.3, 0.4) is 0 Å². The number of rotatable bonds is 2. The molecule has 16 heavy (non-hydrogen) atoms. The van der Waals surface area contributed by atoms with Gasteiger partial charge in [0.05, 0.1) is 5.69 Å². The van der Waals surface area contributed by atoms with Crippen LogP contribution in [0.25, 0.3) is 5.57 Å². The van der Waals surface area contributed by atoms with Gasteiger partial charge >= 0.3 is 0 Å². The summed E-state index contributed by atoms with van der Waals surface area (Å²) in [6, 6.07) is 0.604. The number of nitrogens with zero attached hydrogens (tertiary/aromatic N) is 2. The van der Waals surface area contributed by atoms with Crippen molar-refractivity contribution in [3.63, 3.8) is 0 Å². The number of likely N-dealkylation sites (N-methyl/N-ethyl adjacent to an activating group) is 1. The second-order valence-corrected chi connectivity index (χ2v) is 4.92. The lowest BCUT2D eigenvalue weighted by Gasteiger charge is -2.26. The summed E-state index contributed by atoms with van der Waals surface area (Å²) in [6.45, 7) is 8.66. The summed E-state index contributed by atoms with van der Waals surface area (Å²) < 4.78 is 5.27. The van der Waals surface area contributed by atoms with Crippen molar-refractivity contribution in [2.45, 2.75) is 33.2 Å². The monoisotopic (exact) mass is 218 g/mol. The largest absolute Gasteiger partial charge is 0.361 e. The van der Waals surface area contributed by atoms with E-state index in [1.807, 2.05) is 13.8 Å². The van der Waals surface area contributed by atoms with E-state index in [0.717, 1.165) is 23.9 Å². The topological polar surface area (TPSA) is 29.3 Å². The third kappa shape index (κ3) is 1.27. The van der Waals surface area contributed by atoms with Crippen LogP contribution in [0.5, 0.6) is 0 Å². The Morgan fingerprint density at radius 3 is 2.88 bits per heavy atom. The van der Waals surface area contributed by atoms with Crippen molar-refractivity contribution in [3.8, 4) is 0 Å². The summed E-state index contributed by atoms with van der Waals surface area (Å²) >= 11 is 0. The van der Waals surface area contributed by atoms with Gasteiger partial charge in [0.25, 0.3) is 0 Å². The predicted octanol–water partition coefficient (Wildman–Crippen LogP) is 2.40.